The van der Waals surface area contributed by atoms with Crippen LogP contribution >= 0.6 is 11.3 Å². The lowest BCUT2D eigenvalue weighted by Crippen LogP contribution is -2.05. The summed E-state index contributed by atoms with van der Waals surface area (Å²) >= 11 is 1.57. The fraction of sp³-hybridized carbons (Fsp3) is 0.267. The number of aromatic nitrogens is 4. The van der Waals surface area contributed by atoms with E-state index in [-0.39, 0.29) is 0 Å². The first-order valence-electron chi connectivity index (χ1n) is 6.72. The lowest BCUT2D eigenvalue weighted by molar-refractivity contribution is -0.108. The molecule has 0 atom stereocenters. The van der Waals surface area contributed by atoms with E-state index < -0.39 is 6.29 Å². The summed E-state index contributed by atoms with van der Waals surface area (Å²) in [6.07, 6.45) is 4.98. The Balaban J connectivity index is 1.94. The van der Waals surface area contributed by atoms with Gasteiger partial charge in [-0.2, -0.15) is 5.10 Å². The molecule has 0 N–H and O–H groups in total. The van der Waals surface area contributed by atoms with Crippen LogP contribution in [0.3, 0.4) is 0 Å². The highest BCUT2D eigenvalue weighted by atomic mass is 32.1. The number of thiazole rings is 1. The van der Waals surface area contributed by atoms with Crippen molar-refractivity contribution in [2.75, 3.05) is 14.2 Å². The molecule has 3 aromatic heterocycles. The molecule has 0 amide bonds. The summed E-state index contributed by atoms with van der Waals surface area (Å²) in [5, 5.41) is 6.40. The SMILES string of the molecule is COC(OC)c1ccn(-c2sc(-c3cccnc3)nc2C)n1. The molecule has 0 radical (unpaired) electrons. The first kappa shape index (κ1) is 14.8. The fourth-order valence-electron chi connectivity index (χ4n) is 2.13. The Hall–Kier alpha value is -2.09. The van der Waals surface area contributed by atoms with Crippen LogP contribution in [0.15, 0.2) is 36.8 Å². The Labute approximate surface area is 132 Å². The molecule has 0 aliphatic heterocycles. The Bertz CT molecular complexity index is 750. The van der Waals surface area contributed by atoms with E-state index in [1.807, 2.05) is 37.5 Å². The van der Waals surface area contributed by atoms with Crippen LogP contribution in [0.4, 0.5) is 0 Å². The van der Waals surface area contributed by atoms with Gasteiger partial charge in [-0.3, -0.25) is 4.98 Å². The molecule has 3 rings (SSSR count). The van der Waals surface area contributed by atoms with Gasteiger partial charge in [-0.15, -0.1) is 0 Å². The van der Waals surface area contributed by atoms with Crippen LogP contribution < -0.4 is 0 Å². The van der Waals surface area contributed by atoms with Crippen molar-refractivity contribution in [2.24, 2.45) is 0 Å². The van der Waals surface area contributed by atoms with Gasteiger partial charge in [-0.05, 0) is 25.1 Å². The van der Waals surface area contributed by atoms with Gasteiger partial charge in [-0.25, -0.2) is 9.67 Å². The summed E-state index contributed by atoms with van der Waals surface area (Å²) in [7, 11) is 3.18. The van der Waals surface area contributed by atoms with E-state index in [1.165, 1.54) is 0 Å². The lowest BCUT2D eigenvalue weighted by atomic mass is 10.3. The zero-order valence-corrected chi connectivity index (χ0v) is 13.4. The molecule has 0 aliphatic rings. The van der Waals surface area contributed by atoms with Gasteiger partial charge in [0.1, 0.15) is 15.7 Å². The molecule has 0 aromatic carbocycles. The molecule has 3 heterocycles. The van der Waals surface area contributed by atoms with Gasteiger partial charge in [0, 0.05) is 38.4 Å². The van der Waals surface area contributed by atoms with Crippen molar-refractivity contribution in [3.63, 3.8) is 0 Å². The number of pyridine rings is 1. The van der Waals surface area contributed by atoms with Crippen molar-refractivity contribution < 1.29 is 9.47 Å². The standard InChI is InChI=1S/C15H16N4O2S/c1-10-14(19-8-6-12(18-19)15(20-2)21-3)22-13(17-10)11-5-4-7-16-9-11/h4-9,15H,1-3H3. The molecule has 0 saturated heterocycles. The zero-order chi connectivity index (χ0) is 15.5. The largest absolute Gasteiger partial charge is 0.350 e. The molecule has 7 heteroatoms. The van der Waals surface area contributed by atoms with Crippen molar-refractivity contribution >= 4 is 11.3 Å². The first-order valence-corrected chi connectivity index (χ1v) is 7.54. The van der Waals surface area contributed by atoms with Crippen LogP contribution in [-0.2, 0) is 9.47 Å². The summed E-state index contributed by atoms with van der Waals surface area (Å²) in [5.41, 5.74) is 2.64. The third-order valence-electron chi connectivity index (χ3n) is 3.17. The van der Waals surface area contributed by atoms with Crippen LogP contribution in [0, 0.1) is 6.92 Å². The normalized spacial score (nSPS) is 11.3. The number of hydrogen-bond donors (Lipinski definition) is 0. The monoisotopic (exact) mass is 316 g/mol. The fourth-order valence-corrected chi connectivity index (χ4v) is 3.12. The summed E-state index contributed by atoms with van der Waals surface area (Å²) in [6.45, 7) is 1.97. The van der Waals surface area contributed by atoms with Gasteiger partial charge in [0.15, 0.2) is 0 Å². The minimum Gasteiger partial charge on any atom is -0.350 e. The van der Waals surface area contributed by atoms with Crippen molar-refractivity contribution in [3.05, 3.63) is 48.2 Å². The Kier molecular flexibility index (Phi) is 4.28. The number of ether oxygens (including phenoxy) is 2. The maximum atomic E-state index is 5.22. The van der Waals surface area contributed by atoms with Gasteiger partial charge in [-0.1, -0.05) is 11.3 Å². The first-order chi connectivity index (χ1) is 10.7. The number of nitrogens with zero attached hydrogens (tertiary/aromatic N) is 4. The van der Waals surface area contributed by atoms with E-state index in [0.29, 0.717) is 0 Å². The van der Waals surface area contributed by atoms with E-state index in [9.17, 15) is 0 Å². The number of hydrogen-bond acceptors (Lipinski definition) is 6. The molecule has 114 valence electrons. The molecule has 0 bridgehead atoms. The Morgan fingerprint density at radius 1 is 1.23 bits per heavy atom. The van der Waals surface area contributed by atoms with Gasteiger partial charge < -0.3 is 9.47 Å². The third-order valence-corrected chi connectivity index (χ3v) is 4.36. The maximum Gasteiger partial charge on any atom is 0.202 e. The predicted octanol–water partition coefficient (Wildman–Crippen LogP) is 2.99. The Morgan fingerprint density at radius 2 is 2.05 bits per heavy atom. The molecular weight excluding hydrogens is 300 g/mol. The van der Waals surface area contributed by atoms with E-state index in [0.717, 1.165) is 27.0 Å². The van der Waals surface area contributed by atoms with Gasteiger partial charge in [0.25, 0.3) is 0 Å². The lowest BCUT2D eigenvalue weighted by Gasteiger charge is -2.09. The number of aryl methyl sites for hydroxylation is 1. The van der Waals surface area contributed by atoms with E-state index >= 15 is 0 Å². The van der Waals surface area contributed by atoms with Crippen LogP contribution in [0.25, 0.3) is 15.6 Å². The third kappa shape index (κ3) is 2.78. The molecule has 0 fully saturated rings. The average molecular weight is 316 g/mol. The minimum absolute atomic E-state index is 0.465. The second-order valence-corrected chi connectivity index (χ2v) is 5.62. The minimum atomic E-state index is -0.465. The molecule has 0 spiro atoms. The predicted molar refractivity (Wildman–Crippen MR) is 84.0 cm³/mol. The van der Waals surface area contributed by atoms with Crippen LogP contribution in [0.1, 0.15) is 17.7 Å². The smallest absolute Gasteiger partial charge is 0.202 e. The van der Waals surface area contributed by atoms with Crippen LogP contribution in [-0.4, -0.2) is 34.0 Å². The summed E-state index contributed by atoms with van der Waals surface area (Å²) in [4.78, 5) is 8.74. The second-order valence-electron chi connectivity index (χ2n) is 4.64. The highest BCUT2D eigenvalue weighted by Crippen LogP contribution is 2.30. The molecule has 3 aromatic rings. The zero-order valence-electron chi connectivity index (χ0n) is 12.6. The maximum absolute atomic E-state index is 5.22. The molecular formula is C15H16N4O2S. The molecule has 22 heavy (non-hydrogen) atoms. The van der Waals surface area contributed by atoms with Crippen LogP contribution in [0.2, 0.25) is 0 Å². The highest BCUT2D eigenvalue weighted by Gasteiger charge is 2.16. The average Bonchev–Trinajstić information content (AvgIpc) is 3.16. The number of methoxy groups -OCH3 is 2. The van der Waals surface area contributed by atoms with Crippen molar-refractivity contribution in [1.82, 2.24) is 19.7 Å². The summed E-state index contributed by atoms with van der Waals surface area (Å²) in [5.74, 6) is 0. The molecule has 0 aliphatic carbocycles. The van der Waals surface area contributed by atoms with E-state index in [1.54, 1.807) is 36.4 Å². The second kappa shape index (κ2) is 6.35. The number of rotatable bonds is 5. The van der Waals surface area contributed by atoms with E-state index in [2.05, 4.69) is 15.1 Å². The quantitative estimate of drug-likeness (QED) is 0.677. The van der Waals surface area contributed by atoms with Gasteiger partial charge >= 0.3 is 0 Å². The highest BCUT2D eigenvalue weighted by molar-refractivity contribution is 7.17. The molecule has 0 saturated carbocycles. The van der Waals surface area contributed by atoms with Gasteiger partial charge in [0.05, 0.1) is 5.69 Å². The van der Waals surface area contributed by atoms with Crippen molar-refractivity contribution in [1.29, 1.82) is 0 Å². The van der Waals surface area contributed by atoms with E-state index in [4.69, 9.17) is 9.47 Å². The summed E-state index contributed by atoms with van der Waals surface area (Å²) in [6, 6.07) is 5.77. The van der Waals surface area contributed by atoms with Gasteiger partial charge in [0.2, 0.25) is 6.29 Å². The van der Waals surface area contributed by atoms with Crippen molar-refractivity contribution in [2.45, 2.75) is 13.2 Å². The van der Waals surface area contributed by atoms with Crippen molar-refractivity contribution in [3.8, 4) is 15.6 Å². The molecule has 0 unspecified atom stereocenters. The Morgan fingerprint density at radius 3 is 2.73 bits per heavy atom. The molecule has 6 nitrogen and oxygen atoms in total. The van der Waals surface area contributed by atoms with Crippen LogP contribution in [0.5, 0.6) is 0 Å². The summed E-state index contributed by atoms with van der Waals surface area (Å²) < 4.78 is 12.2. The topological polar surface area (TPSA) is 62.1 Å².